The molecule has 148 valence electrons. The van der Waals surface area contributed by atoms with Crippen molar-refractivity contribution in [3.05, 3.63) is 71.8 Å². The molecule has 1 fully saturated rings. The predicted molar refractivity (Wildman–Crippen MR) is 106 cm³/mol. The second-order valence-corrected chi connectivity index (χ2v) is 8.19. The summed E-state index contributed by atoms with van der Waals surface area (Å²) in [7, 11) is 0. The molecular formula is C21H23NO5S. The molecule has 0 N–H and O–H groups in total. The van der Waals surface area contributed by atoms with Crippen LogP contribution in [0.25, 0.3) is 0 Å². The molecule has 7 heteroatoms. The Kier molecular flexibility index (Phi) is 7.33. The average molecular weight is 401 g/mol. The van der Waals surface area contributed by atoms with Gasteiger partial charge in [0.15, 0.2) is 0 Å². The molecule has 0 spiro atoms. The monoisotopic (exact) mass is 401 g/mol. The van der Waals surface area contributed by atoms with Gasteiger partial charge in [0.1, 0.15) is 18.1 Å². The predicted octanol–water partition coefficient (Wildman–Crippen LogP) is 2.54. The van der Waals surface area contributed by atoms with Crippen LogP contribution in [0.4, 0.5) is 4.79 Å². The Morgan fingerprint density at radius 2 is 1.54 bits per heavy atom. The van der Waals surface area contributed by atoms with Gasteiger partial charge in [-0.2, -0.15) is 0 Å². The van der Waals surface area contributed by atoms with E-state index in [0.717, 1.165) is 11.1 Å². The van der Waals surface area contributed by atoms with Crippen LogP contribution in [0.15, 0.2) is 60.7 Å². The maximum atomic E-state index is 12.6. The Balaban J connectivity index is 1.63. The molecule has 1 aliphatic rings. The van der Waals surface area contributed by atoms with Crippen molar-refractivity contribution < 1.29 is 23.6 Å². The van der Waals surface area contributed by atoms with Gasteiger partial charge in [0, 0.05) is 6.42 Å². The first-order valence-electron chi connectivity index (χ1n) is 9.17. The zero-order chi connectivity index (χ0) is 19.8. The average Bonchev–Trinajstić information content (AvgIpc) is 2.73. The van der Waals surface area contributed by atoms with Crippen LogP contribution in [-0.4, -0.2) is 52.2 Å². The van der Waals surface area contributed by atoms with E-state index in [2.05, 4.69) is 0 Å². The van der Waals surface area contributed by atoms with Crippen molar-refractivity contribution in [2.24, 2.45) is 0 Å². The lowest BCUT2D eigenvalue weighted by atomic mass is 10.1. The molecule has 1 heterocycles. The van der Waals surface area contributed by atoms with Gasteiger partial charge in [-0.25, -0.2) is 9.59 Å². The van der Waals surface area contributed by atoms with E-state index in [1.54, 1.807) is 0 Å². The minimum absolute atomic E-state index is 0.116. The molecule has 0 unspecified atom stereocenters. The lowest BCUT2D eigenvalue weighted by Crippen LogP contribution is -2.46. The summed E-state index contributed by atoms with van der Waals surface area (Å²) in [5.41, 5.74) is 1.73. The minimum atomic E-state index is -1.04. The third kappa shape index (κ3) is 6.00. The van der Waals surface area contributed by atoms with E-state index >= 15 is 0 Å². The second-order valence-electron chi connectivity index (χ2n) is 6.49. The fourth-order valence-electron chi connectivity index (χ4n) is 2.84. The number of hydrogen-bond donors (Lipinski definition) is 0. The maximum Gasteiger partial charge on any atom is 0.410 e. The lowest BCUT2D eigenvalue weighted by Gasteiger charge is -2.28. The van der Waals surface area contributed by atoms with E-state index < -0.39 is 29.3 Å². The lowest BCUT2D eigenvalue weighted by molar-refractivity contribution is -0.155. The number of esters is 1. The van der Waals surface area contributed by atoms with Crippen LogP contribution in [0.5, 0.6) is 0 Å². The third-order valence-corrected chi connectivity index (χ3v) is 5.71. The van der Waals surface area contributed by atoms with Crippen LogP contribution in [0.1, 0.15) is 11.1 Å². The van der Waals surface area contributed by atoms with E-state index in [9.17, 15) is 14.1 Å². The Hall–Kier alpha value is -2.51. The molecule has 2 aromatic carbocycles. The summed E-state index contributed by atoms with van der Waals surface area (Å²) in [6.45, 7) is 0.844. The van der Waals surface area contributed by atoms with Crippen LogP contribution in [0.3, 0.4) is 0 Å². The van der Waals surface area contributed by atoms with Crippen molar-refractivity contribution in [1.82, 2.24) is 4.90 Å². The molecule has 28 heavy (non-hydrogen) atoms. The van der Waals surface area contributed by atoms with Crippen LogP contribution >= 0.6 is 0 Å². The van der Waals surface area contributed by atoms with Crippen molar-refractivity contribution >= 4 is 23.2 Å². The third-order valence-electron chi connectivity index (χ3n) is 4.43. The van der Waals surface area contributed by atoms with E-state index in [4.69, 9.17) is 9.47 Å². The fraction of sp³-hybridized carbons (Fsp3) is 0.333. The molecular weight excluding hydrogens is 378 g/mol. The zero-order valence-electron chi connectivity index (χ0n) is 15.5. The van der Waals surface area contributed by atoms with Gasteiger partial charge in [-0.15, -0.1) is 0 Å². The van der Waals surface area contributed by atoms with Crippen molar-refractivity contribution in [2.45, 2.75) is 19.1 Å². The summed E-state index contributed by atoms with van der Waals surface area (Å²) in [4.78, 5) is 26.6. The number of carbonyl (C=O) groups is 2. The molecule has 1 atom stereocenters. The summed E-state index contributed by atoms with van der Waals surface area (Å²) >= 11 is -0.896. The first-order valence-corrected chi connectivity index (χ1v) is 10.7. The Bertz CT molecular complexity index is 763. The number of rotatable bonds is 6. The number of amides is 1. The van der Waals surface area contributed by atoms with Crippen molar-refractivity contribution in [2.75, 3.05) is 24.6 Å². The van der Waals surface area contributed by atoms with Crippen LogP contribution in [0.2, 0.25) is 0 Å². The van der Waals surface area contributed by atoms with Crippen molar-refractivity contribution in [1.29, 1.82) is 0 Å². The first-order chi connectivity index (χ1) is 13.6. The van der Waals surface area contributed by atoms with Gasteiger partial charge in [-0.1, -0.05) is 71.8 Å². The highest BCUT2D eigenvalue weighted by molar-refractivity contribution is 7.91. The highest BCUT2D eigenvalue weighted by Gasteiger charge is 2.30. The minimum Gasteiger partial charge on any atom is -0.616 e. The van der Waals surface area contributed by atoms with E-state index in [1.165, 1.54) is 4.90 Å². The highest BCUT2D eigenvalue weighted by Crippen LogP contribution is 2.13. The summed E-state index contributed by atoms with van der Waals surface area (Å²) in [6.07, 6.45) is -1.37. The SMILES string of the molecule is O=C(OCc1ccccc1)[C@H](Cc1ccccc1)OC(=O)N1CC[S+]([O-])CC1. The highest BCUT2D eigenvalue weighted by atomic mass is 32.2. The van der Waals surface area contributed by atoms with Gasteiger partial charge in [-0.3, -0.25) is 4.90 Å². The summed E-state index contributed by atoms with van der Waals surface area (Å²) in [6, 6.07) is 18.7. The van der Waals surface area contributed by atoms with E-state index in [0.29, 0.717) is 24.6 Å². The molecule has 0 bridgehead atoms. The Labute approximate surface area is 167 Å². The number of ether oxygens (including phenoxy) is 2. The smallest absolute Gasteiger partial charge is 0.410 e. The van der Waals surface area contributed by atoms with Crippen LogP contribution in [-0.2, 0) is 38.5 Å². The molecule has 1 amide bonds. The fourth-order valence-corrected chi connectivity index (χ4v) is 3.89. The van der Waals surface area contributed by atoms with Crippen molar-refractivity contribution in [3.8, 4) is 0 Å². The molecule has 2 aromatic rings. The molecule has 1 saturated heterocycles. The Morgan fingerprint density at radius 1 is 0.964 bits per heavy atom. The normalized spacial score (nSPS) is 15.7. The topological polar surface area (TPSA) is 78.9 Å². The van der Waals surface area contributed by atoms with Crippen LogP contribution in [0, 0.1) is 0 Å². The largest absolute Gasteiger partial charge is 0.616 e. The quantitative estimate of drug-likeness (QED) is 0.549. The number of nitrogens with zero attached hydrogens (tertiary/aromatic N) is 1. The molecule has 0 aliphatic carbocycles. The molecule has 0 aromatic heterocycles. The number of benzene rings is 2. The van der Waals surface area contributed by atoms with Gasteiger partial charge in [-0.05, 0) is 11.1 Å². The first kappa shape index (κ1) is 20.2. The zero-order valence-corrected chi connectivity index (χ0v) is 16.3. The summed E-state index contributed by atoms with van der Waals surface area (Å²) in [5.74, 6) is 0.273. The second kappa shape index (κ2) is 10.1. The summed E-state index contributed by atoms with van der Waals surface area (Å²) in [5, 5.41) is 0. The summed E-state index contributed by atoms with van der Waals surface area (Å²) < 4.78 is 22.4. The molecule has 3 rings (SSSR count). The number of hydrogen-bond acceptors (Lipinski definition) is 5. The molecule has 0 saturated carbocycles. The van der Waals surface area contributed by atoms with Gasteiger partial charge >= 0.3 is 12.1 Å². The van der Waals surface area contributed by atoms with E-state index in [-0.39, 0.29) is 13.0 Å². The van der Waals surface area contributed by atoms with E-state index in [1.807, 2.05) is 60.7 Å². The van der Waals surface area contributed by atoms with Gasteiger partial charge in [0.2, 0.25) is 6.10 Å². The van der Waals surface area contributed by atoms with Crippen LogP contribution < -0.4 is 0 Å². The van der Waals surface area contributed by atoms with Crippen molar-refractivity contribution in [3.63, 3.8) is 0 Å². The molecule has 1 aliphatic heterocycles. The van der Waals surface area contributed by atoms with Gasteiger partial charge in [0.05, 0.1) is 13.1 Å². The van der Waals surface area contributed by atoms with Gasteiger partial charge in [0.25, 0.3) is 0 Å². The number of carbonyl (C=O) groups excluding carboxylic acids is 2. The standard InChI is InChI=1S/C21H23NO5S/c23-20(26-16-18-9-5-2-6-10-18)19(15-17-7-3-1-4-8-17)27-21(24)22-11-13-28(25)14-12-22/h1-10,19H,11-16H2/t19-/m0/s1. The van der Waals surface area contributed by atoms with Gasteiger partial charge < -0.3 is 14.0 Å². The maximum absolute atomic E-state index is 12.6. The molecule has 0 radical (unpaired) electrons. The molecule has 6 nitrogen and oxygen atoms in total. The Morgan fingerprint density at radius 3 is 2.14 bits per heavy atom.